The summed E-state index contributed by atoms with van der Waals surface area (Å²) >= 11 is 0. The Labute approximate surface area is 116 Å². The van der Waals surface area contributed by atoms with Gasteiger partial charge in [-0.25, -0.2) is 0 Å². The van der Waals surface area contributed by atoms with Crippen molar-refractivity contribution < 1.29 is 4.92 Å². The minimum Gasteiger partial charge on any atom is -0.324 e. The molecule has 0 spiro atoms. The topological polar surface area (TPSA) is 99.9 Å². The highest BCUT2D eigenvalue weighted by atomic mass is 16.6. The van der Waals surface area contributed by atoms with Gasteiger partial charge in [-0.2, -0.15) is 0 Å². The van der Waals surface area contributed by atoms with E-state index in [1.165, 1.54) is 12.1 Å². The molecule has 7 nitrogen and oxygen atoms in total. The Morgan fingerprint density at radius 3 is 2.60 bits per heavy atom. The van der Waals surface area contributed by atoms with Gasteiger partial charge in [0.25, 0.3) is 5.69 Å². The largest absolute Gasteiger partial charge is 0.324 e. The smallest absolute Gasteiger partial charge is 0.270 e. The minimum absolute atomic E-state index is 0.0487. The molecule has 2 N–H and O–H groups in total. The van der Waals surface area contributed by atoms with Crippen LogP contribution in [-0.2, 0) is 6.54 Å². The van der Waals surface area contributed by atoms with Gasteiger partial charge in [0.15, 0.2) is 5.82 Å². The van der Waals surface area contributed by atoms with Crippen LogP contribution in [0.3, 0.4) is 0 Å². The van der Waals surface area contributed by atoms with Crippen LogP contribution in [0.4, 0.5) is 5.69 Å². The number of nitrogens with two attached hydrogens (primary N) is 1. The molecule has 0 atom stereocenters. The molecule has 0 fully saturated rings. The predicted octanol–water partition coefficient (Wildman–Crippen LogP) is 2.20. The highest BCUT2D eigenvalue weighted by Crippen LogP contribution is 2.27. The average Bonchev–Trinajstić information content (AvgIpc) is 2.81. The first-order valence-electron chi connectivity index (χ1n) is 6.34. The number of nitrogens with zero attached hydrogens (tertiary/aromatic N) is 4. The zero-order valence-corrected chi connectivity index (χ0v) is 11.7. The van der Waals surface area contributed by atoms with E-state index in [-0.39, 0.29) is 18.3 Å². The molecule has 106 valence electrons. The summed E-state index contributed by atoms with van der Waals surface area (Å²) in [5.41, 5.74) is 7.19. The number of aryl methyl sites for hydroxylation is 1. The molecule has 1 aromatic heterocycles. The van der Waals surface area contributed by atoms with Crippen LogP contribution in [-0.4, -0.2) is 19.7 Å². The van der Waals surface area contributed by atoms with Gasteiger partial charge in [-0.3, -0.25) is 10.1 Å². The summed E-state index contributed by atoms with van der Waals surface area (Å²) in [5, 5.41) is 19.1. The number of hydrogen-bond donors (Lipinski definition) is 1. The number of hydrogen-bond acceptors (Lipinski definition) is 5. The van der Waals surface area contributed by atoms with Crippen molar-refractivity contribution in [3.63, 3.8) is 0 Å². The summed E-state index contributed by atoms with van der Waals surface area (Å²) in [4.78, 5) is 10.6. The van der Waals surface area contributed by atoms with Gasteiger partial charge in [0.05, 0.1) is 11.5 Å². The van der Waals surface area contributed by atoms with Crippen LogP contribution in [0.25, 0.3) is 11.4 Å². The monoisotopic (exact) mass is 275 g/mol. The lowest BCUT2D eigenvalue weighted by Gasteiger charge is -2.13. The molecule has 2 rings (SSSR count). The molecule has 20 heavy (non-hydrogen) atoms. The Bertz CT molecular complexity index is 648. The predicted molar refractivity (Wildman–Crippen MR) is 75.1 cm³/mol. The van der Waals surface area contributed by atoms with Crippen molar-refractivity contribution in [3.05, 3.63) is 39.7 Å². The number of rotatable bonds is 4. The molecule has 0 aliphatic rings. The first-order chi connectivity index (χ1) is 9.43. The number of nitro groups is 1. The summed E-state index contributed by atoms with van der Waals surface area (Å²) in [6.07, 6.45) is 0. The number of nitro benzene ring substituents is 1. The van der Waals surface area contributed by atoms with E-state index in [1.54, 1.807) is 0 Å². The van der Waals surface area contributed by atoms with Gasteiger partial charge in [0, 0.05) is 23.7 Å². The van der Waals surface area contributed by atoms with Gasteiger partial charge in [-0.15, -0.1) is 10.2 Å². The second-order valence-corrected chi connectivity index (χ2v) is 4.92. The maximum atomic E-state index is 11.0. The summed E-state index contributed by atoms with van der Waals surface area (Å²) < 4.78 is 1.90. The van der Waals surface area contributed by atoms with E-state index in [4.69, 9.17) is 5.73 Å². The van der Waals surface area contributed by atoms with Gasteiger partial charge in [0.1, 0.15) is 5.82 Å². The van der Waals surface area contributed by atoms with E-state index < -0.39 is 4.92 Å². The van der Waals surface area contributed by atoms with Gasteiger partial charge in [-0.05, 0) is 32.4 Å². The van der Waals surface area contributed by atoms with Crippen LogP contribution in [0.1, 0.15) is 31.3 Å². The van der Waals surface area contributed by atoms with E-state index in [9.17, 15) is 10.1 Å². The Morgan fingerprint density at radius 2 is 2.05 bits per heavy atom. The average molecular weight is 275 g/mol. The maximum absolute atomic E-state index is 11.0. The normalized spacial score (nSPS) is 11.1. The molecule has 1 heterocycles. The Morgan fingerprint density at radius 1 is 1.35 bits per heavy atom. The van der Waals surface area contributed by atoms with E-state index in [0.717, 1.165) is 5.56 Å². The highest BCUT2D eigenvalue weighted by molar-refractivity contribution is 5.61. The third-order valence-electron chi connectivity index (χ3n) is 3.00. The molecule has 0 saturated heterocycles. The molecule has 0 aliphatic heterocycles. The van der Waals surface area contributed by atoms with Crippen LogP contribution in [0.2, 0.25) is 0 Å². The summed E-state index contributed by atoms with van der Waals surface area (Å²) in [7, 11) is 0. The van der Waals surface area contributed by atoms with Crippen molar-refractivity contribution >= 4 is 5.69 Å². The third-order valence-corrected chi connectivity index (χ3v) is 3.00. The number of non-ortho nitro benzene ring substituents is 1. The quantitative estimate of drug-likeness (QED) is 0.681. The highest BCUT2D eigenvalue weighted by Gasteiger charge is 2.18. The van der Waals surface area contributed by atoms with E-state index in [2.05, 4.69) is 10.2 Å². The second kappa shape index (κ2) is 5.38. The van der Waals surface area contributed by atoms with Gasteiger partial charge < -0.3 is 10.3 Å². The summed E-state index contributed by atoms with van der Waals surface area (Å²) in [6.45, 7) is 6.09. The van der Waals surface area contributed by atoms with Crippen LogP contribution in [0, 0.1) is 17.0 Å². The fraction of sp³-hybridized carbons (Fsp3) is 0.385. The lowest BCUT2D eigenvalue weighted by molar-refractivity contribution is -0.384. The molecule has 0 aliphatic carbocycles. The van der Waals surface area contributed by atoms with Crippen molar-refractivity contribution in [2.45, 2.75) is 33.4 Å². The van der Waals surface area contributed by atoms with Crippen molar-refractivity contribution in [2.75, 3.05) is 0 Å². The molecule has 0 unspecified atom stereocenters. The zero-order valence-electron chi connectivity index (χ0n) is 11.7. The van der Waals surface area contributed by atoms with Gasteiger partial charge >= 0.3 is 0 Å². The molecule has 0 bridgehead atoms. The standard InChI is InChI=1S/C13H17N5O2/c1-8(2)17-12(7-14)15-16-13(17)10-4-9(3)5-11(6-10)18(19)20/h4-6,8H,7,14H2,1-3H3. The summed E-state index contributed by atoms with van der Waals surface area (Å²) in [5.74, 6) is 1.27. The zero-order chi connectivity index (χ0) is 14.9. The van der Waals surface area contributed by atoms with Crippen molar-refractivity contribution in [1.82, 2.24) is 14.8 Å². The van der Waals surface area contributed by atoms with Gasteiger partial charge in [0.2, 0.25) is 0 Å². The molecule has 1 aromatic carbocycles. The molecule has 2 aromatic rings. The van der Waals surface area contributed by atoms with E-state index in [0.29, 0.717) is 17.2 Å². The minimum atomic E-state index is -0.406. The van der Waals surface area contributed by atoms with Crippen molar-refractivity contribution in [2.24, 2.45) is 5.73 Å². The first kappa shape index (κ1) is 14.1. The van der Waals surface area contributed by atoms with E-state index >= 15 is 0 Å². The molecule has 7 heteroatoms. The van der Waals surface area contributed by atoms with Crippen LogP contribution in [0.5, 0.6) is 0 Å². The van der Waals surface area contributed by atoms with Crippen molar-refractivity contribution in [3.8, 4) is 11.4 Å². The molecule has 0 saturated carbocycles. The lowest BCUT2D eigenvalue weighted by Crippen LogP contribution is -2.11. The maximum Gasteiger partial charge on any atom is 0.270 e. The van der Waals surface area contributed by atoms with Crippen LogP contribution >= 0.6 is 0 Å². The number of aromatic nitrogens is 3. The Kier molecular flexibility index (Phi) is 3.80. The van der Waals surface area contributed by atoms with Crippen molar-refractivity contribution in [1.29, 1.82) is 0 Å². The Hall–Kier alpha value is -2.28. The fourth-order valence-corrected chi connectivity index (χ4v) is 2.20. The first-order valence-corrected chi connectivity index (χ1v) is 6.34. The van der Waals surface area contributed by atoms with E-state index in [1.807, 2.05) is 31.4 Å². The molecular formula is C13H17N5O2. The lowest BCUT2D eigenvalue weighted by atomic mass is 10.1. The molecule has 0 amide bonds. The molecule has 0 radical (unpaired) electrons. The third kappa shape index (κ3) is 2.53. The second-order valence-electron chi connectivity index (χ2n) is 4.92. The number of benzene rings is 1. The Balaban J connectivity index is 2.62. The van der Waals surface area contributed by atoms with Gasteiger partial charge in [-0.1, -0.05) is 0 Å². The van der Waals surface area contributed by atoms with Crippen LogP contribution < -0.4 is 5.73 Å². The fourth-order valence-electron chi connectivity index (χ4n) is 2.20. The van der Waals surface area contributed by atoms with Crippen LogP contribution in [0.15, 0.2) is 18.2 Å². The molecular weight excluding hydrogens is 258 g/mol. The SMILES string of the molecule is Cc1cc(-c2nnc(CN)n2C(C)C)cc([N+](=O)[O-])c1. The summed E-state index contributed by atoms with van der Waals surface area (Å²) in [6, 6.07) is 5.02.